The molecule has 0 rings (SSSR count). The maximum absolute atomic E-state index is 9.56. The molecule has 0 fully saturated rings. The van der Waals surface area contributed by atoms with Gasteiger partial charge in [-0.25, -0.2) is 0 Å². The predicted octanol–water partition coefficient (Wildman–Crippen LogP) is -0.0838. The highest BCUT2D eigenvalue weighted by atomic mass is 32.2. The maximum Gasteiger partial charge on any atom is 0.425 e. The summed E-state index contributed by atoms with van der Waals surface area (Å²) in [6.45, 7) is 5.37. The molecule has 8 heteroatoms. The minimum absolute atomic E-state index is 0.201. The average Bonchev–Trinajstić information content (AvgIpc) is 1.90. The van der Waals surface area contributed by atoms with Crippen LogP contribution in [-0.4, -0.2) is 31.4 Å². The Bertz CT molecular complexity index is 251. The van der Waals surface area contributed by atoms with Crippen molar-refractivity contribution in [2.75, 3.05) is 5.75 Å². The molecule has 6 nitrogen and oxygen atoms in total. The molecule has 0 aliphatic rings. The van der Waals surface area contributed by atoms with Crippen LogP contribution in [0.1, 0.15) is 20.8 Å². The second-order valence-corrected chi connectivity index (χ2v) is 3.22. The summed E-state index contributed by atoms with van der Waals surface area (Å²) in [7, 11) is -6.77. The third kappa shape index (κ3) is 108. The number of rotatable bonds is 1. The van der Waals surface area contributed by atoms with Gasteiger partial charge in [0.05, 0.1) is 5.75 Å². The lowest BCUT2D eigenvalue weighted by Gasteiger charge is -1.79. The van der Waals surface area contributed by atoms with E-state index in [2.05, 4.69) is 0 Å². The zero-order valence-electron chi connectivity index (χ0n) is 7.01. The van der Waals surface area contributed by atoms with Crippen LogP contribution in [0.15, 0.2) is 0 Å². The average molecular weight is 220 g/mol. The summed E-state index contributed by atoms with van der Waals surface area (Å²) < 4.78 is 52.2. The van der Waals surface area contributed by atoms with E-state index >= 15 is 0 Å². The highest BCUT2D eigenvalue weighted by Gasteiger charge is 1.93. The number of hydrogen-bond donors (Lipinski definition) is 1. The first-order valence-corrected chi connectivity index (χ1v) is 5.62. The molecule has 0 aromatic rings. The summed E-state index contributed by atoms with van der Waals surface area (Å²) >= 11 is 0. The third-order valence-electron chi connectivity index (χ3n) is 0.365. The molecule has 0 amide bonds. The van der Waals surface area contributed by atoms with Gasteiger partial charge in [0.15, 0.2) is 0 Å². The Morgan fingerprint density at radius 1 is 1.17 bits per heavy atom. The van der Waals surface area contributed by atoms with Gasteiger partial charge in [0.2, 0.25) is 0 Å². The Balaban J connectivity index is -0.000000118. The van der Waals surface area contributed by atoms with Crippen molar-refractivity contribution >= 4 is 20.7 Å². The molecule has 1 N–H and O–H groups in total. The van der Waals surface area contributed by atoms with Crippen LogP contribution in [0.4, 0.5) is 0 Å². The van der Waals surface area contributed by atoms with Gasteiger partial charge in [-0.3, -0.25) is 4.55 Å². The van der Waals surface area contributed by atoms with E-state index < -0.39 is 20.7 Å². The summed E-state index contributed by atoms with van der Waals surface area (Å²) in [5, 5.41) is 0. The molecule has 0 aliphatic carbocycles. The quantitative estimate of drug-likeness (QED) is 0.619. The summed E-state index contributed by atoms with van der Waals surface area (Å²) in [5.41, 5.74) is 0. The second-order valence-electron chi connectivity index (χ2n) is 1.07. The molecule has 0 unspecified atom stereocenters. The summed E-state index contributed by atoms with van der Waals surface area (Å²) in [4.78, 5) is 0. The van der Waals surface area contributed by atoms with Gasteiger partial charge < -0.3 is 0 Å². The smallest absolute Gasteiger partial charge is 0.286 e. The first-order chi connectivity index (χ1) is 5.29. The van der Waals surface area contributed by atoms with Crippen molar-refractivity contribution < 1.29 is 25.6 Å². The summed E-state index contributed by atoms with van der Waals surface area (Å²) in [6, 6.07) is 0. The van der Waals surface area contributed by atoms with Crippen LogP contribution >= 0.6 is 0 Å². The molecule has 0 saturated heterocycles. The van der Waals surface area contributed by atoms with Gasteiger partial charge in [-0.2, -0.15) is 8.42 Å². The molecule has 0 saturated carbocycles. The third-order valence-corrected chi connectivity index (χ3v) is 1.09. The predicted molar refractivity (Wildman–Crippen MR) is 43.1 cm³/mol. The van der Waals surface area contributed by atoms with Gasteiger partial charge in [-0.05, 0) is 6.92 Å². The fraction of sp³-hybridized carbons (Fsp3) is 1.00. The minimum Gasteiger partial charge on any atom is -0.286 e. The van der Waals surface area contributed by atoms with E-state index in [0.717, 1.165) is 0 Å². The van der Waals surface area contributed by atoms with Crippen molar-refractivity contribution in [1.82, 2.24) is 0 Å². The van der Waals surface area contributed by atoms with Crippen molar-refractivity contribution in [2.45, 2.75) is 20.8 Å². The van der Waals surface area contributed by atoms with Crippen molar-refractivity contribution in [2.24, 2.45) is 0 Å². The molecule has 0 aromatic carbocycles. The molecule has 0 atom stereocenters. The van der Waals surface area contributed by atoms with Crippen LogP contribution in [0.3, 0.4) is 0 Å². The van der Waals surface area contributed by atoms with Crippen molar-refractivity contribution in [3.05, 3.63) is 0 Å². The van der Waals surface area contributed by atoms with Gasteiger partial charge in [-0.1, -0.05) is 13.8 Å². The lowest BCUT2D eigenvalue weighted by atomic mass is 11.0. The molecule has 0 bridgehead atoms. The lowest BCUT2D eigenvalue weighted by molar-refractivity contribution is 0.484. The van der Waals surface area contributed by atoms with E-state index in [1.807, 2.05) is 13.8 Å². The summed E-state index contributed by atoms with van der Waals surface area (Å²) in [5.74, 6) is -0.201. The van der Waals surface area contributed by atoms with E-state index in [-0.39, 0.29) is 5.75 Å². The fourth-order valence-corrected chi connectivity index (χ4v) is 0. The second kappa shape index (κ2) is 10.5. The van der Waals surface area contributed by atoms with Crippen molar-refractivity contribution in [3.8, 4) is 0 Å². The molecule has 0 heterocycles. The van der Waals surface area contributed by atoms with Gasteiger partial charge in [0.1, 0.15) is 0 Å². The van der Waals surface area contributed by atoms with Crippen LogP contribution in [0.25, 0.3) is 0 Å². The van der Waals surface area contributed by atoms with E-state index in [9.17, 15) is 8.42 Å². The zero-order valence-corrected chi connectivity index (χ0v) is 8.65. The zero-order chi connectivity index (χ0) is 10.8. The number of hydrogen-bond acceptors (Lipinski definition) is 5. The normalized spacial score (nSPS) is 8.33. The first kappa shape index (κ1) is 17.6. The van der Waals surface area contributed by atoms with Crippen LogP contribution in [0.2, 0.25) is 0 Å². The topological polar surface area (TPSA) is 106 Å². The van der Waals surface area contributed by atoms with E-state index in [0.29, 0.717) is 0 Å². The Morgan fingerprint density at radius 3 is 1.25 bits per heavy atom. The van der Waals surface area contributed by atoms with Crippen LogP contribution < -0.4 is 0 Å². The monoisotopic (exact) mass is 220 g/mol. The minimum atomic E-state index is -3.66. The molecular formula is C4H12O6S2. The molecule has 0 spiro atoms. The molecule has 0 radical (unpaired) electrons. The van der Waals surface area contributed by atoms with Crippen molar-refractivity contribution in [1.29, 1.82) is 0 Å². The first-order valence-electron chi connectivity index (χ1n) is 3.01. The molecule has 0 aromatic heterocycles. The van der Waals surface area contributed by atoms with Gasteiger partial charge >= 0.3 is 10.6 Å². The maximum atomic E-state index is 9.56. The Morgan fingerprint density at radius 2 is 1.25 bits per heavy atom. The standard InChI is InChI=1S/C2H6O3S.C2H6.O3S/c1-2-6(3,4)5;1-2;1-4(2)3/h2H2,1H3,(H,3,4,5);1-2H3;. The van der Waals surface area contributed by atoms with E-state index in [4.69, 9.17) is 17.2 Å². The van der Waals surface area contributed by atoms with Crippen LogP contribution in [-0.2, 0) is 20.7 Å². The molecule has 0 aliphatic heterocycles. The molecule has 12 heavy (non-hydrogen) atoms. The van der Waals surface area contributed by atoms with Crippen LogP contribution in [0.5, 0.6) is 0 Å². The lowest BCUT2D eigenvalue weighted by Crippen LogP contribution is -1.97. The Hall–Kier alpha value is -0.470. The van der Waals surface area contributed by atoms with E-state index in [1.54, 1.807) is 0 Å². The Kier molecular flexibility index (Phi) is 15.4. The highest BCUT2D eigenvalue weighted by Crippen LogP contribution is 1.74. The SMILES string of the molecule is CC.CCS(=O)(=O)O.O=S(=O)=O. The van der Waals surface area contributed by atoms with Gasteiger partial charge in [-0.15, -0.1) is 12.6 Å². The van der Waals surface area contributed by atoms with Gasteiger partial charge in [0, 0.05) is 0 Å². The highest BCUT2D eigenvalue weighted by molar-refractivity contribution is 7.85. The Labute approximate surface area is 73.4 Å². The summed E-state index contributed by atoms with van der Waals surface area (Å²) in [6.07, 6.45) is 0. The fourth-order valence-electron chi connectivity index (χ4n) is 0. The molecule has 76 valence electrons. The largest absolute Gasteiger partial charge is 0.425 e. The van der Waals surface area contributed by atoms with Crippen LogP contribution in [0, 0.1) is 0 Å². The molecular weight excluding hydrogens is 208 g/mol. The van der Waals surface area contributed by atoms with E-state index in [1.165, 1.54) is 6.92 Å². The van der Waals surface area contributed by atoms with Gasteiger partial charge in [0.25, 0.3) is 10.1 Å². The van der Waals surface area contributed by atoms with Crippen molar-refractivity contribution in [3.63, 3.8) is 0 Å².